The topological polar surface area (TPSA) is 41.9 Å². The molecule has 2 atom stereocenters. The molecule has 0 amide bonds. The smallest absolute Gasteiger partial charge is 0.124 e. The summed E-state index contributed by atoms with van der Waals surface area (Å²) >= 11 is 0. The number of hydrogen-bond acceptors (Lipinski definition) is 4. The van der Waals surface area contributed by atoms with Crippen LogP contribution in [-0.4, -0.2) is 50.0 Å². The molecular formula is C15H23NO3. The number of ether oxygens (including phenoxy) is 2. The number of likely N-dealkylation sites (N-methyl/N-ethyl adjacent to an activating group) is 1. The van der Waals surface area contributed by atoms with Gasteiger partial charge in [-0.3, -0.25) is 4.90 Å². The molecule has 0 radical (unpaired) electrons. The summed E-state index contributed by atoms with van der Waals surface area (Å²) in [6, 6.07) is 6.30. The molecule has 0 aromatic heterocycles. The van der Waals surface area contributed by atoms with Gasteiger partial charge in [-0.15, -0.1) is 0 Å². The lowest BCUT2D eigenvalue weighted by Crippen LogP contribution is -2.35. The van der Waals surface area contributed by atoms with Gasteiger partial charge in [0, 0.05) is 24.8 Å². The molecule has 0 aliphatic carbocycles. The fraction of sp³-hybridized carbons (Fsp3) is 0.600. The normalized spacial score (nSPS) is 20.8. The first-order valence-corrected chi connectivity index (χ1v) is 6.72. The molecular weight excluding hydrogens is 242 g/mol. The highest BCUT2D eigenvalue weighted by molar-refractivity contribution is 5.38. The molecule has 1 fully saturated rings. The molecule has 1 heterocycles. The van der Waals surface area contributed by atoms with Crippen molar-refractivity contribution in [3.63, 3.8) is 0 Å². The van der Waals surface area contributed by atoms with Crippen LogP contribution in [0.3, 0.4) is 0 Å². The Morgan fingerprint density at radius 3 is 2.95 bits per heavy atom. The minimum absolute atomic E-state index is 0.408. The number of hydrogen-bond donors (Lipinski definition) is 1. The van der Waals surface area contributed by atoms with Crippen LogP contribution in [0.2, 0.25) is 0 Å². The maximum atomic E-state index is 10.4. The van der Waals surface area contributed by atoms with Crippen LogP contribution in [0.1, 0.15) is 23.7 Å². The van der Waals surface area contributed by atoms with Crippen molar-refractivity contribution in [2.45, 2.75) is 25.5 Å². The van der Waals surface area contributed by atoms with Crippen LogP contribution < -0.4 is 4.74 Å². The standard InChI is InChI=1S/C15H23NO3/c1-11-4-5-15(18-3)13(8-11)14(17)9-16(2)12-6-7-19-10-12/h4-5,8,12,14,17H,6-7,9-10H2,1-3H3. The maximum absolute atomic E-state index is 10.4. The van der Waals surface area contributed by atoms with E-state index in [4.69, 9.17) is 9.47 Å². The molecule has 2 rings (SSSR count). The Hall–Kier alpha value is -1.10. The summed E-state index contributed by atoms with van der Waals surface area (Å²) in [7, 11) is 3.67. The van der Waals surface area contributed by atoms with Crippen molar-refractivity contribution in [3.05, 3.63) is 29.3 Å². The zero-order valence-corrected chi connectivity index (χ0v) is 11.9. The van der Waals surface area contributed by atoms with E-state index in [1.54, 1.807) is 7.11 Å². The molecule has 1 aromatic rings. The van der Waals surface area contributed by atoms with Crippen molar-refractivity contribution in [1.29, 1.82) is 0 Å². The first-order valence-electron chi connectivity index (χ1n) is 6.72. The Morgan fingerprint density at radius 1 is 1.53 bits per heavy atom. The van der Waals surface area contributed by atoms with Gasteiger partial charge >= 0.3 is 0 Å². The van der Waals surface area contributed by atoms with Gasteiger partial charge in [0.05, 0.1) is 19.8 Å². The fourth-order valence-corrected chi connectivity index (χ4v) is 2.50. The second-order valence-corrected chi connectivity index (χ2v) is 5.22. The van der Waals surface area contributed by atoms with E-state index in [1.165, 1.54) is 0 Å². The van der Waals surface area contributed by atoms with Gasteiger partial charge in [-0.05, 0) is 32.5 Å². The van der Waals surface area contributed by atoms with Crippen LogP contribution in [0.15, 0.2) is 18.2 Å². The van der Waals surface area contributed by atoms with Gasteiger partial charge in [-0.25, -0.2) is 0 Å². The zero-order chi connectivity index (χ0) is 13.8. The van der Waals surface area contributed by atoms with Crippen LogP contribution >= 0.6 is 0 Å². The molecule has 1 aliphatic rings. The number of rotatable bonds is 5. The van der Waals surface area contributed by atoms with E-state index < -0.39 is 6.10 Å². The highest BCUT2D eigenvalue weighted by Crippen LogP contribution is 2.27. The third kappa shape index (κ3) is 3.47. The largest absolute Gasteiger partial charge is 0.496 e. The third-order valence-corrected chi connectivity index (χ3v) is 3.73. The summed E-state index contributed by atoms with van der Waals surface area (Å²) in [6.45, 7) is 4.19. The molecule has 2 unspecified atom stereocenters. The van der Waals surface area contributed by atoms with Crippen LogP contribution in [-0.2, 0) is 4.74 Å². The average molecular weight is 265 g/mol. The Bertz CT molecular complexity index is 416. The molecule has 0 saturated carbocycles. The monoisotopic (exact) mass is 265 g/mol. The number of methoxy groups -OCH3 is 1. The number of aliphatic hydroxyl groups excluding tert-OH is 1. The van der Waals surface area contributed by atoms with E-state index in [0.29, 0.717) is 12.6 Å². The molecule has 19 heavy (non-hydrogen) atoms. The van der Waals surface area contributed by atoms with Crippen LogP contribution in [0, 0.1) is 6.92 Å². The quantitative estimate of drug-likeness (QED) is 0.881. The van der Waals surface area contributed by atoms with Gasteiger partial charge in [0.1, 0.15) is 5.75 Å². The predicted octanol–water partition coefficient (Wildman–Crippen LogP) is 1.76. The summed E-state index contributed by atoms with van der Waals surface area (Å²) in [5.74, 6) is 0.745. The second kappa shape index (κ2) is 6.37. The van der Waals surface area contributed by atoms with E-state index in [2.05, 4.69) is 4.90 Å². The number of nitrogens with zero attached hydrogens (tertiary/aromatic N) is 1. The van der Waals surface area contributed by atoms with Crippen molar-refractivity contribution >= 4 is 0 Å². The van der Waals surface area contributed by atoms with Gasteiger partial charge in [-0.1, -0.05) is 11.6 Å². The molecule has 1 aromatic carbocycles. The highest BCUT2D eigenvalue weighted by atomic mass is 16.5. The zero-order valence-electron chi connectivity index (χ0n) is 11.9. The van der Waals surface area contributed by atoms with Gasteiger partial charge < -0.3 is 14.6 Å². The SMILES string of the molecule is COc1ccc(C)cc1C(O)CN(C)C1CCOC1. The Labute approximate surface area is 114 Å². The molecule has 106 valence electrons. The highest BCUT2D eigenvalue weighted by Gasteiger charge is 2.23. The summed E-state index contributed by atoms with van der Waals surface area (Å²) < 4.78 is 10.7. The second-order valence-electron chi connectivity index (χ2n) is 5.22. The summed E-state index contributed by atoms with van der Waals surface area (Å²) in [5.41, 5.74) is 1.98. The lowest BCUT2D eigenvalue weighted by molar-refractivity contribution is 0.0933. The lowest BCUT2D eigenvalue weighted by Gasteiger charge is -2.26. The molecule has 0 spiro atoms. The average Bonchev–Trinajstić information content (AvgIpc) is 2.92. The minimum Gasteiger partial charge on any atom is -0.496 e. The Balaban J connectivity index is 2.06. The molecule has 0 bridgehead atoms. The van der Waals surface area contributed by atoms with Crippen molar-refractivity contribution in [1.82, 2.24) is 4.90 Å². The maximum Gasteiger partial charge on any atom is 0.124 e. The van der Waals surface area contributed by atoms with Crippen molar-refractivity contribution in [3.8, 4) is 5.75 Å². The first kappa shape index (κ1) is 14.3. The first-order chi connectivity index (χ1) is 9.11. The van der Waals surface area contributed by atoms with Crippen molar-refractivity contribution < 1.29 is 14.6 Å². The van der Waals surface area contributed by atoms with Crippen LogP contribution in [0.25, 0.3) is 0 Å². The van der Waals surface area contributed by atoms with Crippen molar-refractivity contribution in [2.75, 3.05) is 33.9 Å². The van der Waals surface area contributed by atoms with E-state index in [9.17, 15) is 5.11 Å². The van der Waals surface area contributed by atoms with Gasteiger partial charge in [0.2, 0.25) is 0 Å². The van der Waals surface area contributed by atoms with Gasteiger partial charge in [0.15, 0.2) is 0 Å². The molecule has 1 saturated heterocycles. The molecule has 4 nitrogen and oxygen atoms in total. The predicted molar refractivity (Wildman–Crippen MR) is 74.5 cm³/mol. The van der Waals surface area contributed by atoms with E-state index in [-0.39, 0.29) is 0 Å². The third-order valence-electron chi connectivity index (χ3n) is 3.73. The molecule has 1 aliphatic heterocycles. The number of benzene rings is 1. The van der Waals surface area contributed by atoms with Crippen LogP contribution in [0.4, 0.5) is 0 Å². The molecule has 4 heteroatoms. The summed E-state index contributed by atoms with van der Waals surface area (Å²) in [5, 5.41) is 10.4. The van der Waals surface area contributed by atoms with E-state index in [1.807, 2.05) is 32.2 Å². The van der Waals surface area contributed by atoms with Gasteiger partial charge in [0.25, 0.3) is 0 Å². The van der Waals surface area contributed by atoms with E-state index >= 15 is 0 Å². The Kier molecular flexibility index (Phi) is 4.80. The minimum atomic E-state index is -0.541. The summed E-state index contributed by atoms with van der Waals surface area (Å²) in [4.78, 5) is 2.17. The van der Waals surface area contributed by atoms with E-state index in [0.717, 1.165) is 36.5 Å². The Morgan fingerprint density at radius 2 is 2.32 bits per heavy atom. The van der Waals surface area contributed by atoms with Gasteiger partial charge in [-0.2, -0.15) is 0 Å². The van der Waals surface area contributed by atoms with Crippen LogP contribution in [0.5, 0.6) is 5.75 Å². The summed E-state index contributed by atoms with van der Waals surface area (Å²) in [6.07, 6.45) is 0.495. The fourth-order valence-electron chi connectivity index (χ4n) is 2.50. The number of aryl methyl sites for hydroxylation is 1. The number of aliphatic hydroxyl groups is 1. The van der Waals surface area contributed by atoms with Crippen molar-refractivity contribution in [2.24, 2.45) is 0 Å². The molecule has 1 N–H and O–H groups in total. The lowest BCUT2D eigenvalue weighted by atomic mass is 10.0.